The van der Waals surface area contributed by atoms with Crippen molar-refractivity contribution in [1.29, 1.82) is 0 Å². The first kappa shape index (κ1) is 12.4. The van der Waals surface area contributed by atoms with Crippen molar-refractivity contribution in [3.63, 3.8) is 0 Å². The van der Waals surface area contributed by atoms with Crippen molar-refractivity contribution >= 4 is 5.97 Å². The summed E-state index contributed by atoms with van der Waals surface area (Å²) in [6.45, 7) is 1.79. The first-order valence-electron chi connectivity index (χ1n) is 5.63. The van der Waals surface area contributed by atoms with E-state index < -0.39 is 5.97 Å². The van der Waals surface area contributed by atoms with Gasteiger partial charge in [0.25, 0.3) is 0 Å². The van der Waals surface area contributed by atoms with Crippen LogP contribution in [0.4, 0.5) is 4.39 Å². The number of hydrogen-bond donors (Lipinski definition) is 1. The molecule has 0 aliphatic rings. The number of carbonyl (C=O) groups is 1. The Kier molecular flexibility index (Phi) is 3.46. The first-order chi connectivity index (χ1) is 8.56. The summed E-state index contributed by atoms with van der Waals surface area (Å²) in [5.74, 6) is -0.109. The molecule has 0 aliphatic heterocycles. The lowest BCUT2D eigenvalue weighted by atomic mass is 10.1. The molecule has 94 valence electrons. The number of carboxylic acids is 1. The van der Waals surface area contributed by atoms with Crippen molar-refractivity contribution < 1.29 is 18.7 Å². The number of aliphatic carboxylic acids is 1. The number of furan rings is 1. The van der Waals surface area contributed by atoms with Crippen LogP contribution in [0.2, 0.25) is 0 Å². The van der Waals surface area contributed by atoms with Crippen LogP contribution in [-0.2, 0) is 4.79 Å². The molecule has 18 heavy (non-hydrogen) atoms. The van der Waals surface area contributed by atoms with Crippen molar-refractivity contribution in [2.24, 2.45) is 0 Å². The Morgan fingerprint density at radius 1 is 1.28 bits per heavy atom. The van der Waals surface area contributed by atoms with Crippen LogP contribution >= 0.6 is 0 Å². The fourth-order valence-electron chi connectivity index (χ4n) is 1.75. The lowest BCUT2D eigenvalue weighted by Gasteiger charge is -2.04. The average Bonchev–Trinajstić information content (AvgIpc) is 2.78. The zero-order valence-corrected chi connectivity index (χ0v) is 9.89. The zero-order valence-electron chi connectivity index (χ0n) is 9.89. The van der Waals surface area contributed by atoms with E-state index in [1.54, 1.807) is 31.2 Å². The van der Waals surface area contributed by atoms with Crippen molar-refractivity contribution in [2.45, 2.75) is 19.3 Å². The number of rotatable bonds is 4. The molecule has 1 atom stereocenters. The predicted octanol–water partition coefficient (Wildman–Crippen LogP) is 3.66. The van der Waals surface area contributed by atoms with Gasteiger partial charge < -0.3 is 9.52 Å². The van der Waals surface area contributed by atoms with Crippen LogP contribution in [0.5, 0.6) is 0 Å². The van der Waals surface area contributed by atoms with Gasteiger partial charge in [-0.1, -0.05) is 6.92 Å². The van der Waals surface area contributed by atoms with Gasteiger partial charge in [-0.15, -0.1) is 0 Å². The average molecular weight is 248 g/mol. The molecule has 2 rings (SSSR count). The maximum atomic E-state index is 12.8. The highest BCUT2D eigenvalue weighted by atomic mass is 19.1. The third kappa shape index (κ3) is 2.77. The Balaban J connectivity index is 2.19. The van der Waals surface area contributed by atoms with Crippen molar-refractivity contribution in [3.05, 3.63) is 48.0 Å². The fourth-order valence-corrected chi connectivity index (χ4v) is 1.75. The zero-order chi connectivity index (χ0) is 13.1. The highest BCUT2D eigenvalue weighted by Gasteiger charge is 2.14. The molecule has 1 aromatic heterocycles. The molecule has 2 aromatic rings. The van der Waals surface area contributed by atoms with E-state index in [0.717, 1.165) is 5.56 Å². The maximum Gasteiger partial charge on any atom is 0.304 e. The van der Waals surface area contributed by atoms with Crippen molar-refractivity contribution in [3.8, 4) is 11.3 Å². The number of benzene rings is 1. The van der Waals surface area contributed by atoms with Crippen LogP contribution in [0.25, 0.3) is 11.3 Å². The van der Waals surface area contributed by atoms with Gasteiger partial charge in [-0.25, -0.2) is 4.39 Å². The second-order valence-corrected chi connectivity index (χ2v) is 4.21. The summed E-state index contributed by atoms with van der Waals surface area (Å²) in [7, 11) is 0. The fraction of sp³-hybridized carbons (Fsp3) is 0.214. The van der Waals surface area contributed by atoms with E-state index in [4.69, 9.17) is 9.52 Å². The standard InChI is InChI=1S/C14H13FO3/c1-9(8-14(16)17)12-6-7-13(18-12)10-2-4-11(15)5-3-10/h2-7,9H,8H2,1H3,(H,16,17)/t9-/m0/s1. The molecule has 4 heteroatoms. The van der Waals surface area contributed by atoms with Crippen LogP contribution in [-0.4, -0.2) is 11.1 Å². The van der Waals surface area contributed by atoms with Crippen molar-refractivity contribution in [2.75, 3.05) is 0 Å². The SMILES string of the molecule is C[C@@H](CC(=O)O)c1ccc(-c2ccc(F)cc2)o1. The van der Waals surface area contributed by atoms with E-state index in [2.05, 4.69) is 0 Å². The van der Waals surface area contributed by atoms with Crippen LogP contribution < -0.4 is 0 Å². The second-order valence-electron chi connectivity index (χ2n) is 4.21. The molecule has 0 saturated heterocycles. The largest absolute Gasteiger partial charge is 0.481 e. The molecule has 1 aromatic carbocycles. The Morgan fingerprint density at radius 3 is 2.56 bits per heavy atom. The highest BCUT2D eigenvalue weighted by molar-refractivity contribution is 5.68. The molecule has 0 unspecified atom stereocenters. The van der Waals surface area contributed by atoms with Crippen LogP contribution in [0.1, 0.15) is 25.0 Å². The Hall–Kier alpha value is -2.10. The molecule has 0 fully saturated rings. The van der Waals surface area contributed by atoms with Gasteiger partial charge >= 0.3 is 5.97 Å². The minimum atomic E-state index is -0.859. The molecular formula is C14H13FO3. The van der Waals surface area contributed by atoms with E-state index in [0.29, 0.717) is 11.5 Å². The molecule has 0 spiro atoms. The molecule has 3 nitrogen and oxygen atoms in total. The summed E-state index contributed by atoms with van der Waals surface area (Å²) in [5.41, 5.74) is 0.769. The lowest BCUT2D eigenvalue weighted by molar-refractivity contribution is -0.137. The molecule has 0 aliphatic carbocycles. The topological polar surface area (TPSA) is 50.4 Å². The van der Waals surface area contributed by atoms with Gasteiger partial charge in [0.05, 0.1) is 6.42 Å². The molecule has 1 N–H and O–H groups in total. The van der Waals surface area contributed by atoms with Gasteiger partial charge in [-0.05, 0) is 36.4 Å². The van der Waals surface area contributed by atoms with E-state index in [1.165, 1.54) is 12.1 Å². The number of hydrogen-bond acceptors (Lipinski definition) is 2. The van der Waals surface area contributed by atoms with Gasteiger partial charge in [0.1, 0.15) is 17.3 Å². The van der Waals surface area contributed by atoms with Gasteiger partial charge in [0, 0.05) is 11.5 Å². The molecule has 0 amide bonds. The van der Waals surface area contributed by atoms with Crippen LogP contribution in [0, 0.1) is 5.82 Å². The van der Waals surface area contributed by atoms with E-state index >= 15 is 0 Å². The number of carboxylic acid groups (broad SMARTS) is 1. The van der Waals surface area contributed by atoms with Crippen LogP contribution in [0.3, 0.4) is 0 Å². The summed E-state index contributed by atoms with van der Waals surface area (Å²) >= 11 is 0. The second kappa shape index (κ2) is 5.04. The summed E-state index contributed by atoms with van der Waals surface area (Å²) < 4.78 is 18.4. The van der Waals surface area contributed by atoms with Gasteiger partial charge in [-0.3, -0.25) is 4.79 Å². The number of halogens is 1. The van der Waals surface area contributed by atoms with Crippen molar-refractivity contribution in [1.82, 2.24) is 0 Å². The van der Waals surface area contributed by atoms with Gasteiger partial charge in [0.2, 0.25) is 0 Å². The van der Waals surface area contributed by atoms with Gasteiger partial charge in [-0.2, -0.15) is 0 Å². The summed E-state index contributed by atoms with van der Waals surface area (Å²) in [4.78, 5) is 10.6. The Bertz CT molecular complexity index is 542. The third-order valence-electron chi connectivity index (χ3n) is 2.72. The normalized spacial score (nSPS) is 12.3. The monoisotopic (exact) mass is 248 g/mol. The molecule has 1 heterocycles. The van der Waals surface area contributed by atoms with Gasteiger partial charge in [0.15, 0.2) is 0 Å². The summed E-state index contributed by atoms with van der Waals surface area (Å²) in [5, 5.41) is 8.72. The minimum Gasteiger partial charge on any atom is -0.481 e. The third-order valence-corrected chi connectivity index (χ3v) is 2.72. The van der Waals surface area contributed by atoms with Crippen LogP contribution in [0.15, 0.2) is 40.8 Å². The molecular weight excluding hydrogens is 235 g/mol. The maximum absolute atomic E-state index is 12.8. The summed E-state index contributed by atoms with van der Waals surface area (Å²) in [6, 6.07) is 9.49. The first-order valence-corrected chi connectivity index (χ1v) is 5.63. The Labute approximate surface area is 104 Å². The quantitative estimate of drug-likeness (QED) is 0.898. The summed E-state index contributed by atoms with van der Waals surface area (Å²) in [6.07, 6.45) is 0.0242. The predicted molar refractivity (Wildman–Crippen MR) is 64.8 cm³/mol. The lowest BCUT2D eigenvalue weighted by Crippen LogP contribution is -2.01. The van der Waals surface area contributed by atoms with E-state index in [-0.39, 0.29) is 18.2 Å². The minimum absolute atomic E-state index is 0.0242. The molecule has 0 saturated carbocycles. The molecule has 0 radical (unpaired) electrons. The Morgan fingerprint density at radius 2 is 1.94 bits per heavy atom. The highest BCUT2D eigenvalue weighted by Crippen LogP contribution is 2.27. The van der Waals surface area contributed by atoms with E-state index in [1.807, 2.05) is 0 Å². The smallest absolute Gasteiger partial charge is 0.304 e. The van der Waals surface area contributed by atoms with E-state index in [9.17, 15) is 9.18 Å². The molecule has 0 bridgehead atoms.